The summed E-state index contributed by atoms with van der Waals surface area (Å²) in [4.78, 5) is 24.9. The van der Waals surface area contributed by atoms with Crippen LogP contribution in [0.5, 0.6) is 0 Å². The van der Waals surface area contributed by atoms with E-state index in [1.807, 2.05) is 6.92 Å². The first-order chi connectivity index (χ1) is 8.54. The number of hydrogen-bond acceptors (Lipinski definition) is 3. The van der Waals surface area contributed by atoms with Crippen LogP contribution >= 0.6 is 0 Å². The van der Waals surface area contributed by atoms with E-state index in [0.29, 0.717) is 10.9 Å². The Hall–Kier alpha value is -1.20. The van der Waals surface area contributed by atoms with E-state index in [0.717, 1.165) is 45.7 Å². The minimum atomic E-state index is -0.243. The monoisotopic (exact) mass is 254 g/mol. The van der Waals surface area contributed by atoms with Crippen molar-refractivity contribution in [2.24, 2.45) is 5.73 Å². The lowest BCUT2D eigenvalue weighted by molar-refractivity contribution is -0.855. The van der Waals surface area contributed by atoms with Gasteiger partial charge in [-0.15, -0.1) is 0 Å². The second-order valence-electron chi connectivity index (χ2n) is 4.86. The normalized spacial score (nSPS) is 19.4. The standard InChI is InChI=1S/C13H23N3O2/c1-3-13(18)16(4-2)10-8-15(9-11-16)7-5-6-12(14)17/h3H,1,4-11H2,2H3,(H-,14,17)/p+1. The fraction of sp³-hybridized carbons (Fsp3) is 0.692. The predicted molar refractivity (Wildman–Crippen MR) is 70.6 cm³/mol. The van der Waals surface area contributed by atoms with Crippen molar-refractivity contribution < 1.29 is 14.1 Å². The van der Waals surface area contributed by atoms with Gasteiger partial charge in [0.1, 0.15) is 0 Å². The van der Waals surface area contributed by atoms with Crippen LogP contribution in [0.15, 0.2) is 12.7 Å². The van der Waals surface area contributed by atoms with E-state index in [1.165, 1.54) is 6.08 Å². The maximum Gasteiger partial charge on any atom is 0.338 e. The Morgan fingerprint density at radius 2 is 2.00 bits per heavy atom. The Bertz CT molecular complexity index is 320. The Morgan fingerprint density at radius 1 is 1.39 bits per heavy atom. The van der Waals surface area contributed by atoms with Gasteiger partial charge in [0.2, 0.25) is 5.91 Å². The first-order valence-electron chi connectivity index (χ1n) is 6.58. The molecule has 0 aliphatic carbocycles. The molecule has 0 radical (unpaired) electrons. The quantitative estimate of drug-likeness (QED) is 0.541. The smallest absolute Gasteiger partial charge is 0.338 e. The summed E-state index contributed by atoms with van der Waals surface area (Å²) in [5.41, 5.74) is 5.11. The zero-order valence-electron chi connectivity index (χ0n) is 11.2. The van der Waals surface area contributed by atoms with Gasteiger partial charge in [0.05, 0.1) is 19.6 Å². The molecule has 5 nitrogen and oxygen atoms in total. The van der Waals surface area contributed by atoms with E-state index in [9.17, 15) is 9.59 Å². The number of rotatable bonds is 6. The van der Waals surface area contributed by atoms with Gasteiger partial charge >= 0.3 is 5.91 Å². The number of likely N-dealkylation sites (N-methyl/N-ethyl adjacent to an activating group) is 1. The van der Waals surface area contributed by atoms with Crippen molar-refractivity contribution in [2.75, 3.05) is 39.3 Å². The topological polar surface area (TPSA) is 63.4 Å². The van der Waals surface area contributed by atoms with Gasteiger partial charge in [-0.1, -0.05) is 6.58 Å². The molecule has 2 N–H and O–H groups in total. The number of piperazine rings is 1. The molecule has 1 heterocycles. The summed E-state index contributed by atoms with van der Waals surface area (Å²) in [5, 5.41) is 0. The lowest BCUT2D eigenvalue weighted by Crippen LogP contribution is -2.62. The molecule has 0 aromatic heterocycles. The third kappa shape index (κ3) is 3.65. The van der Waals surface area contributed by atoms with Gasteiger partial charge < -0.3 is 5.73 Å². The van der Waals surface area contributed by atoms with Crippen molar-refractivity contribution in [1.29, 1.82) is 0 Å². The molecule has 1 saturated heterocycles. The van der Waals surface area contributed by atoms with E-state index in [-0.39, 0.29) is 11.8 Å². The van der Waals surface area contributed by atoms with Crippen LogP contribution in [-0.4, -0.2) is 60.5 Å². The van der Waals surface area contributed by atoms with Gasteiger partial charge in [0, 0.05) is 25.6 Å². The number of quaternary nitrogens is 1. The van der Waals surface area contributed by atoms with Crippen molar-refractivity contribution >= 4 is 11.8 Å². The molecular weight excluding hydrogens is 230 g/mol. The highest BCUT2D eigenvalue weighted by atomic mass is 16.2. The Morgan fingerprint density at radius 3 is 2.44 bits per heavy atom. The number of nitrogens with zero attached hydrogens (tertiary/aromatic N) is 2. The number of amides is 2. The molecule has 102 valence electrons. The van der Waals surface area contributed by atoms with Crippen molar-refractivity contribution in [3.05, 3.63) is 12.7 Å². The van der Waals surface area contributed by atoms with Crippen LogP contribution in [0.4, 0.5) is 0 Å². The van der Waals surface area contributed by atoms with Gasteiger partial charge in [0.15, 0.2) is 0 Å². The van der Waals surface area contributed by atoms with Gasteiger partial charge in [-0.25, -0.2) is 4.79 Å². The molecule has 5 heteroatoms. The van der Waals surface area contributed by atoms with Crippen LogP contribution in [-0.2, 0) is 9.59 Å². The van der Waals surface area contributed by atoms with Crippen LogP contribution in [0.1, 0.15) is 19.8 Å². The molecule has 0 aromatic rings. The molecule has 1 aliphatic heterocycles. The molecule has 0 spiro atoms. The van der Waals surface area contributed by atoms with Crippen LogP contribution in [0, 0.1) is 0 Å². The van der Waals surface area contributed by atoms with E-state index in [4.69, 9.17) is 5.73 Å². The molecule has 0 saturated carbocycles. The summed E-state index contributed by atoms with van der Waals surface area (Å²) in [6.07, 6.45) is 2.68. The predicted octanol–water partition coefficient (Wildman–Crippen LogP) is 0.117. The molecule has 2 amide bonds. The molecule has 1 fully saturated rings. The van der Waals surface area contributed by atoms with E-state index >= 15 is 0 Å². The SMILES string of the molecule is C=CC(=O)[N+]1(CC)CCN(CCCC(N)=O)CC1. The van der Waals surface area contributed by atoms with Crippen molar-refractivity contribution in [1.82, 2.24) is 4.90 Å². The minimum Gasteiger partial charge on any atom is -0.370 e. The van der Waals surface area contributed by atoms with E-state index in [2.05, 4.69) is 11.5 Å². The number of hydrogen-bond donors (Lipinski definition) is 1. The minimum absolute atomic E-state index is 0.120. The summed E-state index contributed by atoms with van der Waals surface area (Å²) < 4.78 is 0.510. The number of primary amides is 1. The highest BCUT2D eigenvalue weighted by Crippen LogP contribution is 2.14. The lowest BCUT2D eigenvalue weighted by atomic mass is 10.2. The molecule has 1 aliphatic rings. The molecule has 18 heavy (non-hydrogen) atoms. The summed E-state index contributed by atoms with van der Waals surface area (Å²) in [5.74, 6) is -0.123. The third-order valence-corrected chi connectivity index (χ3v) is 3.83. The fourth-order valence-electron chi connectivity index (χ4n) is 2.48. The van der Waals surface area contributed by atoms with Gasteiger partial charge in [-0.3, -0.25) is 14.2 Å². The first kappa shape index (κ1) is 14.9. The number of carbonyl (C=O) groups excluding carboxylic acids is 2. The van der Waals surface area contributed by atoms with Crippen molar-refractivity contribution in [3.8, 4) is 0 Å². The molecule has 0 unspecified atom stereocenters. The fourth-order valence-corrected chi connectivity index (χ4v) is 2.48. The second-order valence-corrected chi connectivity index (χ2v) is 4.86. The van der Waals surface area contributed by atoms with Crippen LogP contribution in [0.3, 0.4) is 0 Å². The summed E-state index contributed by atoms with van der Waals surface area (Å²) in [7, 11) is 0. The third-order valence-electron chi connectivity index (χ3n) is 3.83. The van der Waals surface area contributed by atoms with Crippen LogP contribution in [0.2, 0.25) is 0 Å². The molecule has 1 rings (SSSR count). The summed E-state index contributed by atoms with van der Waals surface area (Å²) >= 11 is 0. The second kappa shape index (κ2) is 6.66. The van der Waals surface area contributed by atoms with Gasteiger partial charge in [-0.05, 0) is 19.9 Å². The average Bonchev–Trinajstić information content (AvgIpc) is 2.38. The van der Waals surface area contributed by atoms with Gasteiger partial charge in [0.25, 0.3) is 0 Å². The Labute approximate surface area is 109 Å². The van der Waals surface area contributed by atoms with Crippen LogP contribution in [0.25, 0.3) is 0 Å². The van der Waals surface area contributed by atoms with Crippen molar-refractivity contribution in [2.45, 2.75) is 19.8 Å². The first-order valence-corrected chi connectivity index (χ1v) is 6.58. The zero-order chi connectivity index (χ0) is 13.6. The van der Waals surface area contributed by atoms with Gasteiger partial charge in [-0.2, -0.15) is 0 Å². The summed E-state index contributed by atoms with van der Waals surface area (Å²) in [6, 6.07) is 0. The lowest BCUT2D eigenvalue weighted by Gasteiger charge is -2.41. The molecule has 0 aromatic carbocycles. The highest BCUT2D eigenvalue weighted by molar-refractivity contribution is 5.80. The molecule has 0 bridgehead atoms. The van der Waals surface area contributed by atoms with Crippen molar-refractivity contribution in [3.63, 3.8) is 0 Å². The maximum absolute atomic E-state index is 11.9. The van der Waals surface area contributed by atoms with E-state index in [1.54, 1.807) is 0 Å². The molecular formula is C13H24N3O2+. The van der Waals surface area contributed by atoms with E-state index < -0.39 is 0 Å². The maximum atomic E-state index is 11.9. The Kier molecular flexibility index (Phi) is 5.50. The zero-order valence-corrected chi connectivity index (χ0v) is 11.2. The van der Waals surface area contributed by atoms with Crippen LogP contribution < -0.4 is 5.73 Å². The molecule has 0 atom stereocenters. The number of carbonyl (C=O) groups is 2. The Balaban J connectivity index is 2.41. The average molecular weight is 254 g/mol. The largest absolute Gasteiger partial charge is 0.370 e. The number of nitrogens with two attached hydrogens (primary N) is 1. The highest BCUT2D eigenvalue weighted by Gasteiger charge is 2.36. The summed E-state index contributed by atoms with van der Waals surface area (Å²) in [6.45, 7) is 10.8.